The van der Waals surface area contributed by atoms with E-state index in [-0.39, 0.29) is 40.5 Å². The molecule has 7 heteroatoms. The third-order valence-electron chi connectivity index (χ3n) is 7.68. The van der Waals surface area contributed by atoms with E-state index < -0.39 is 15.5 Å². The number of hydrogen-bond acceptors (Lipinski definition) is 6. The monoisotopic (exact) mass is 450 g/mol. The minimum absolute atomic E-state index is 0.0367. The van der Waals surface area contributed by atoms with Crippen molar-refractivity contribution >= 4 is 21.9 Å². The average Bonchev–Trinajstić information content (AvgIpc) is 2.72. The number of fused-ring (bicyclic) bond motifs is 1. The van der Waals surface area contributed by atoms with E-state index in [0.29, 0.717) is 25.7 Å². The van der Waals surface area contributed by atoms with Crippen LogP contribution >= 0.6 is 0 Å². The zero-order valence-electron chi connectivity index (χ0n) is 19.0. The zero-order chi connectivity index (χ0) is 22.9. The number of carbonyl (C=O) groups is 2. The molecule has 2 fully saturated rings. The summed E-state index contributed by atoms with van der Waals surface area (Å²) in [5.74, 6) is -0.0828. The summed E-state index contributed by atoms with van der Waals surface area (Å²) < 4.78 is 35.2. The lowest BCUT2D eigenvalue weighted by Gasteiger charge is -2.56. The summed E-state index contributed by atoms with van der Waals surface area (Å²) in [5, 5.41) is 0. The normalized spacial score (nSPS) is 31.2. The second-order valence-corrected chi connectivity index (χ2v) is 11.2. The lowest BCUT2D eigenvalue weighted by Crippen LogP contribution is -2.55. The van der Waals surface area contributed by atoms with Gasteiger partial charge >= 0.3 is 5.97 Å². The number of ketones is 1. The number of carbonyl (C=O) groups excluding carboxylic acids is 2. The summed E-state index contributed by atoms with van der Waals surface area (Å²) in [6, 6.07) is 6.55. The molecule has 0 spiro atoms. The van der Waals surface area contributed by atoms with Crippen LogP contribution in [0.5, 0.6) is 0 Å². The predicted molar refractivity (Wildman–Crippen MR) is 117 cm³/mol. The summed E-state index contributed by atoms with van der Waals surface area (Å²) in [6.07, 6.45) is 4.74. The first-order valence-electron chi connectivity index (χ1n) is 11.1. The molecule has 0 radical (unpaired) electrons. The number of hydrogen-bond donors (Lipinski definition) is 0. The van der Waals surface area contributed by atoms with E-state index in [9.17, 15) is 18.0 Å². The van der Waals surface area contributed by atoms with Gasteiger partial charge in [-0.05, 0) is 69.4 Å². The fourth-order valence-electron chi connectivity index (χ4n) is 6.00. The maximum absolute atomic E-state index is 12.9. The molecule has 0 saturated heterocycles. The highest BCUT2D eigenvalue weighted by Gasteiger charge is 2.58. The number of aryl methyl sites for hydroxylation is 1. The van der Waals surface area contributed by atoms with Crippen LogP contribution in [0.15, 0.2) is 29.2 Å². The van der Waals surface area contributed by atoms with Crippen molar-refractivity contribution in [2.24, 2.45) is 22.7 Å². The van der Waals surface area contributed by atoms with Crippen molar-refractivity contribution in [3.05, 3.63) is 29.8 Å². The number of methoxy groups -OCH3 is 1. The number of ether oxygens (including phenoxy) is 1. The molecule has 1 aromatic carbocycles. The highest BCUT2D eigenvalue weighted by atomic mass is 32.2. The van der Waals surface area contributed by atoms with E-state index in [4.69, 9.17) is 8.92 Å². The van der Waals surface area contributed by atoms with Gasteiger partial charge in [0.2, 0.25) is 0 Å². The molecule has 2 aliphatic carbocycles. The van der Waals surface area contributed by atoms with Crippen LogP contribution in [0.1, 0.15) is 64.4 Å². The van der Waals surface area contributed by atoms with Gasteiger partial charge in [-0.25, -0.2) is 0 Å². The molecule has 172 valence electrons. The minimum Gasteiger partial charge on any atom is -0.469 e. The number of benzene rings is 1. The van der Waals surface area contributed by atoms with Gasteiger partial charge in [0.25, 0.3) is 10.1 Å². The fourth-order valence-corrected chi connectivity index (χ4v) is 6.95. The molecule has 2 aliphatic rings. The Morgan fingerprint density at radius 1 is 1.16 bits per heavy atom. The Labute approximate surface area is 185 Å². The van der Waals surface area contributed by atoms with Gasteiger partial charge in [0.1, 0.15) is 5.78 Å². The average molecular weight is 451 g/mol. The molecule has 0 N–H and O–H groups in total. The molecule has 2 saturated carbocycles. The van der Waals surface area contributed by atoms with E-state index >= 15 is 0 Å². The molecular weight excluding hydrogens is 416 g/mol. The van der Waals surface area contributed by atoms with Gasteiger partial charge in [-0.3, -0.25) is 13.8 Å². The molecule has 1 aromatic rings. The first-order chi connectivity index (χ1) is 14.5. The Balaban J connectivity index is 1.67. The van der Waals surface area contributed by atoms with E-state index in [0.717, 1.165) is 24.8 Å². The molecule has 0 bridgehead atoms. The summed E-state index contributed by atoms with van der Waals surface area (Å²) in [5.41, 5.74) is 0.113. The van der Waals surface area contributed by atoms with E-state index in [1.807, 2.05) is 13.8 Å². The van der Waals surface area contributed by atoms with Crippen molar-refractivity contribution in [2.75, 3.05) is 13.7 Å². The lowest BCUT2D eigenvalue weighted by molar-refractivity contribution is -0.173. The van der Waals surface area contributed by atoms with Gasteiger partial charge in [0, 0.05) is 12.3 Å². The molecule has 6 nitrogen and oxygen atoms in total. The largest absolute Gasteiger partial charge is 0.469 e. The maximum atomic E-state index is 12.9. The molecule has 0 aromatic heterocycles. The van der Waals surface area contributed by atoms with Gasteiger partial charge in [-0.2, -0.15) is 8.42 Å². The van der Waals surface area contributed by atoms with Crippen molar-refractivity contribution < 1.29 is 26.9 Å². The smallest absolute Gasteiger partial charge is 0.311 e. The molecular formula is C24H34O6S. The van der Waals surface area contributed by atoms with Crippen molar-refractivity contribution in [1.29, 1.82) is 0 Å². The third kappa shape index (κ3) is 4.58. The predicted octanol–water partition coefficient (Wildman–Crippen LogP) is 4.45. The first kappa shape index (κ1) is 23.9. The summed E-state index contributed by atoms with van der Waals surface area (Å²) in [4.78, 5) is 25.6. The number of Topliss-reactive ketones (excluding diaryl/α,β-unsaturated/α-hetero) is 1. The molecule has 0 heterocycles. The summed E-state index contributed by atoms with van der Waals surface area (Å²) >= 11 is 0. The summed E-state index contributed by atoms with van der Waals surface area (Å²) in [7, 11) is -2.38. The van der Waals surface area contributed by atoms with Crippen LogP contribution in [0.25, 0.3) is 0 Å². The number of esters is 1. The summed E-state index contributed by atoms with van der Waals surface area (Å²) in [6.45, 7) is 6.03. The van der Waals surface area contributed by atoms with Crippen LogP contribution in [-0.4, -0.2) is 33.9 Å². The SMILES string of the molecule is COC(=O)[C@]1(C)CCC[C@@]2(C)[C@H](CCCOS(=O)(=O)c3ccc(C)cc3)C(=O)CC[C@@H]21. The third-order valence-corrected chi connectivity index (χ3v) is 9.00. The van der Waals surface area contributed by atoms with Crippen LogP contribution in [-0.2, 0) is 28.6 Å². The molecule has 31 heavy (non-hydrogen) atoms. The lowest BCUT2D eigenvalue weighted by atomic mass is 9.47. The molecule has 4 atom stereocenters. The van der Waals surface area contributed by atoms with Gasteiger partial charge in [0.15, 0.2) is 0 Å². The maximum Gasteiger partial charge on any atom is 0.311 e. The molecule has 0 aliphatic heterocycles. The van der Waals surface area contributed by atoms with Crippen molar-refractivity contribution in [3.8, 4) is 0 Å². The minimum atomic E-state index is -3.81. The van der Waals surface area contributed by atoms with Crippen molar-refractivity contribution in [3.63, 3.8) is 0 Å². The van der Waals surface area contributed by atoms with Crippen LogP contribution in [0, 0.1) is 29.6 Å². The van der Waals surface area contributed by atoms with Gasteiger partial charge in [0.05, 0.1) is 24.0 Å². The van der Waals surface area contributed by atoms with Crippen LogP contribution in [0.2, 0.25) is 0 Å². The Morgan fingerprint density at radius 3 is 2.48 bits per heavy atom. The highest BCUT2D eigenvalue weighted by Crippen LogP contribution is 2.60. The van der Waals surface area contributed by atoms with Crippen LogP contribution in [0.4, 0.5) is 0 Å². The van der Waals surface area contributed by atoms with Gasteiger partial charge in [-0.15, -0.1) is 0 Å². The first-order valence-corrected chi connectivity index (χ1v) is 12.5. The standard InChI is InChI=1S/C24H34O6S/c1-17-8-10-18(11-9-17)31(27,28)30-16-5-7-19-20(25)12-13-21-23(19,2)14-6-15-24(21,3)22(26)29-4/h8-11,19,21H,5-7,12-16H2,1-4H3/t19-,21+,23+,24-/m1/s1. The Morgan fingerprint density at radius 2 is 1.84 bits per heavy atom. The van der Waals surface area contributed by atoms with E-state index in [1.54, 1.807) is 12.1 Å². The quantitative estimate of drug-likeness (QED) is 0.347. The van der Waals surface area contributed by atoms with E-state index in [2.05, 4.69) is 6.92 Å². The van der Waals surface area contributed by atoms with Crippen molar-refractivity contribution in [1.82, 2.24) is 0 Å². The fraction of sp³-hybridized carbons (Fsp3) is 0.667. The Kier molecular flexibility index (Phi) is 6.96. The van der Waals surface area contributed by atoms with Crippen molar-refractivity contribution in [2.45, 2.75) is 70.6 Å². The van der Waals surface area contributed by atoms with Crippen LogP contribution < -0.4 is 0 Å². The van der Waals surface area contributed by atoms with Crippen LogP contribution in [0.3, 0.4) is 0 Å². The van der Waals surface area contributed by atoms with Gasteiger partial charge < -0.3 is 4.74 Å². The highest BCUT2D eigenvalue weighted by molar-refractivity contribution is 7.86. The topological polar surface area (TPSA) is 86.7 Å². The molecule has 3 rings (SSSR count). The van der Waals surface area contributed by atoms with Gasteiger partial charge in [-0.1, -0.05) is 31.0 Å². The second-order valence-electron chi connectivity index (χ2n) is 9.61. The second kappa shape index (κ2) is 9.02. The van der Waals surface area contributed by atoms with E-state index in [1.165, 1.54) is 19.2 Å². The zero-order valence-corrected chi connectivity index (χ0v) is 19.8. The molecule has 0 unspecified atom stereocenters. The molecule has 0 amide bonds. The Hall–Kier alpha value is -1.73. The number of rotatable bonds is 7. The Bertz CT molecular complexity index is 922.